The average molecular weight is 436 g/mol. The average Bonchev–Trinajstić information content (AvgIpc) is 2.79. The fraction of sp³-hybridized carbons (Fsp3) is 0.552. The molecule has 3 rings (SSSR count). The Balaban J connectivity index is 1.48. The highest BCUT2D eigenvalue weighted by Gasteiger charge is 2.44. The lowest BCUT2D eigenvalue weighted by molar-refractivity contribution is -0.117. The summed E-state index contributed by atoms with van der Waals surface area (Å²) in [5, 5.41) is 13.7. The van der Waals surface area contributed by atoms with E-state index in [9.17, 15) is 9.90 Å². The maximum absolute atomic E-state index is 12.4. The summed E-state index contributed by atoms with van der Waals surface area (Å²) in [4.78, 5) is 12.4. The molecule has 1 saturated carbocycles. The molecule has 7 atom stereocenters. The van der Waals surface area contributed by atoms with E-state index in [0.29, 0.717) is 36.1 Å². The van der Waals surface area contributed by atoms with Crippen LogP contribution in [0.4, 0.5) is 0 Å². The molecular weight excluding hydrogens is 394 g/mol. The van der Waals surface area contributed by atoms with Gasteiger partial charge in [-0.05, 0) is 73.7 Å². The number of fused-ring (bicyclic) bond motifs is 1. The van der Waals surface area contributed by atoms with Crippen molar-refractivity contribution in [3.63, 3.8) is 0 Å². The fourth-order valence-electron chi connectivity index (χ4n) is 5.65. The van der Waals surface area contributed by atoms with Crippen LogP contribution in [-0.2, 0) is 11.2 Å². The molecule has 32 heavy (non-hydrogen) atoms. The molecule has 1 fully saturated rings. The summed E-state index contributed by atoms with van der Waals surface area (Å²) >= 11 is 0. The number of aliphatic hydroxyl groups is 1. The van der Waals surface area contributed by atoms with Crippen molar-refractivity contribution >= 4 is 5.91 Å². The summed E-state index contributed by atoms with van der Waals surface area (Å²) in [6.45, 7) is 9.22. The Hall–Kier alpha value is -2.13. The van der Waals surface area contributed by atoms with Gasteiger partial charge in [-0.1, -0.05) is 81.5 Å². The van der Waals surface area contributed by atoms with E-state index in [1.54, 1.807) is 0 Å². The van der Waals surface area contributed by atoms with Crippen molar-refractivity contribution in [3.05, 3.63) is 71.8 Å². The van der Waals surface area contributed by atoms with E-state index in [0.717, 1.165) is 31.3 Å². The van der Waals surface area contributed by atoms with E-state index in [1.165, 1.54) is 5.56 Å². The molecule has 0 bridgehead atoms. The van der Waals surface area contributed by atoms with E-state index >= 15 is 0 Å². The Bertz CT molecular complexity index is 825. The molecule has 1 aromatic rings. The Labute approximate surface area is 194 Å². The topological polar surface area (TPSA) is 49.3 Å². The predicted molar refractivity (Wildman–Crippen MR) is 133 cm³/mol. The molecule has 0 aromatic heterocycles. The predicted octanol–water partition coefficient (Wildman–Crippen LogP) is 5.72. The van der Waals surface area contributed by atoms with Crippen LogP contribution in [0.2, 0.25) is 0 Å². The van der Waals surface area contributed by atoms with Gasteiger partial charge in [0.1, 0.15) is 0 Å². The van der Waals surface area contributed by atoms with Gasteiger partial charge in [0.15, 0.2) is 0 Å². The largest absolute Gasteiger partial charge is 0.393 e. The second-order valence-corrected chi connectivity index (χ2v) is 10.1. The number of carbonyl (C=O) groups excluding carboxylic acids is 1. The van der Waals surface area contributed by atoms with E-state index in [2.05, 4.69) is 74.7 Å². The van der Waals surface area contributed by atoms with Crippen LogP contribution in [-0.4, -0.2) is 23.7 Å². The molecule has 2 aliphatic rings. The minimum absolute atomic E-state index is 0.0131. The minimum atomic E-state index is -0.226. The summed E-state index contributed by atoms with van der Waals surface area (Å²) in [6, 6.07) is 10.5. The summed E-state index contributed by atoms with van der Waals surface area (Å²) in [5.74, 6) is 2.50. The first-order valence-electron chi connectivity index (χ1n) is 12.4. The zero-order valence-corrected chi connectivity index (χ0v) is 20.2. The van der Waals surface area contributed by atoms with E-state index in [-0.39, 0.29) is 17.9 Å². The molecule has 0 spiro atoms. The van der Waals surface area contributed by atoms with Gasteiger partial charge in [0.25, 0.3) is 0 Å². The van der Waals surface area contributed by atoms with E-state index < -0.39 is 0 Å². The van der Waals surface area contributed by atoms with Crippen molar-refractivity contribution in [1.82, 2.24) is 5.32 Å². The van der Waals surface area contributed by atoms with Gasteiger partial charge in [-0.2, -0.15) is 0 Å². The number of amides is 1. The fourth-order valence-corrected chi connectivity index (χ4v) is 5.65. The van der Waals surface area contributed by atoms with Gasteiger partial charge in [0.05, 0.1) is 6.10 Å². The molecule has 0 aliphatic heterocycles. The lowest BCUT2D eigenvalue weighted by Crippen LogP contribution is -2.46. The number of carbonyl (C=O) groups is 1. The SMILES string of the molecule is C/C(=C\C=C\[C@@H]1[C@H]2[C@H](C)[C@@H](O)[C@H](C)C[C@@H]2C=C[C@@H]1C)C(=O)NCCCCc1ccccc1. The van der Waals surface area contributed by atoms with Crippen LogP contribution >= 0.6 is 0 Å². The van der Waals surface area contributed by atoms with Crippen LogP contribution in [0.3, 0.4) is 0 Å². The number of aliphatic hydroxyl groups excluding tert-OH is 1. The van der Waals surface area contributed by atoms with Gasteiger partial charge < -0.3 is 10.4 Å². The number of allylic oxidation sites excluding steroid dienone is 5. The van der Waals surface area contributed by atoms with Gasteiger partial charge in [0.2, 0.25) is 5.91 Å². The van der Waals surface area contributed by atoms with E-state index in [1.807, 2.05) is 19.1 Å². The molecular formula is C29H41NO2. The maximum atomic E-state index is 12.4. The molecule has 0 radical (unpaired) electrons. The lowest BCUT2D eigenvalue weighted by Gasteiger charge is -2.48. The standard InChI is InChI=1S/C29H41NO2/c1-20-16-17-25-19-22(3)28(31)23(4)27(25)26(20)15-10-11-21(2)29(32)30-18-9-8-14-24-12-6-5-7-13-24/h5-7,10-13,15-17,20,22-23,25-28,31H,8-9,14,18-19H2,1-4H3,(H,30,32)/b15-10+,21-11+/t20-,22+,23-,25-,26-,27-,28-/m0/s1. The lowest BCUT2D eigenvalue weighted by atomic mass is 9.58. The zero-order chi connectivity index (χ0) is 23.1. The molecule has 0 saturated heterocycles. The van der Waals surface area contributed by atoms with Crippen LogP contribution in [0.15, 0.2) is 66.3 Å². The quantitative estimate of drug-likeness (QED) is 0.237. The number of benzene rings is 1. The third-order valence-electron chi connectivity index (χ3n) is 7.64. The third kappa shape index (κ3) is 6.22. The monoisotopic (exact) mass is 435 g/mol. The molecule has 0 unspecified atom stereocenters. The molecule has 174 valence electrons. The highest BCUT2D eigenvalue weighted by molar-refractivity contribution is 5.93. The van der Waals surface area contributed by atoms with Crippen molar-refractivity contribution in [2.45, 2.75) is 59.5 Å². The summed E-state index contributed by atoms with van der Waals surface area (Å²) in [5.41, 5.74) is 2.09. The number of aryl methyl sites for hydroxylation is 1. The van der Waals surface area contributed by atoms with Gasteiger partial charge in [0, 0.05) is 12.1 Å². The smallest absolute Gasteiger partial charge is 0.246 e. The first-order valence-corrected chi connectivity index (χ1v) is 12.4. The van der Waals surface area contributed by atoms with Crippen LogP contribution < -0.4 is 5.32 Å². The highest BCUT2D eigenvalue weighted by Crippen LogP contribution is 2.48. The zero-order valence-electron chi connectivity index (χ0n) is 20.2. The first kappa shape index (κ1) is 24.5. The molecule has 0 heterocycles. The number of rotatable bonds is 8. The third-order valence-corrected chi connectivity index (χ3v) is 7.64. The normalized spacial score (nSPS) is 32.7. The second-order valence-electron chi connectivity index (χ2n) is 10.1. The van der Waals surface area contributed by atoms with Crippen LogP contribution in [0.25, 0.3) is 0 Å². The number of hydrogen-bond donors (Lipinski definition) is 2. The Kier molecular flexibility index (Phi) is 8.92. The van der Waals surface area contributed by atoms with Gasteiger partial charge >= 0.3 is 0 Å². The Morgan fingerprint density at radius 1 is 1.12 bits per heavy atom. The minimum Gasteiger partial charge on any atom is -0.393 e. The van der Waals surface area contributed by atoms with Crippen molar-refractivity contribution in [3.8, 4) is 0 Å². The maximum Gasteiger partial charge on any atom is 0.246 e. The highest BCUT2D eigenvalue weighted by atomic mass is 16.3. The van der Waals surface area contributed by atoms with E-state index in [4.69, 9.17) is 0 Å². The van der Waals surface area contributed by atoms with Crippen molar-refractivity contribution in [2.75, 3.05) is 6.54 Å². The number of unbranched alkanes of at least 4 members (excludes halogenated alkanes) is 1. The summed E-state index contributed by atoms with van der Waals surface area (Å²) < 4.78 is 0. The molecule has 3 heteroatoms. The van der Waals surface area contributed by atoms with Crippen LogP contribution in [0.1, 0.15) is 52.5 Å². The van der Waals surface area contributed by atoms with Gasteiger partial charge in [-0.3, -0.25) is 4.79 Å². The van der Waals surface area contributed by atoms with Crippen molar-refractivity contribution in [2.24, 2.45) is 35.5 Å². The summed E-state index contributed by atoms with van der Waals surface area (Å²) in [6.07, 6.45) is 14.9. The summed E-state index contributed by atoms with van der Waals surface area (Å²) in [7, 11) is 0. The second kappa shape index (κ2) is 11.7. The molecule has 1 amide bonds. The Morgan fingerprint density at radius 3 is 2.62 bits per heavy atom. The molecule has 1 aromatic carbocycles. The van der Waals surface area contributed by atoms with Gasteiger partial charge in [-0.25, -0.2) is 0 Å². The molecule has 2 N–H and O–H groups in total. The number of hydrogen-bond acceptors (Lipinski definition) is 2. The van der Waals surface area contributed by atoms with Crippen molar-refractivity contribution in [1.29, 1.82) is 0 Å². The first-order chi connectivity index (χ1) is 15.4. The van der Waals surface area contributed by atoms with Crippen molar-refractivity contribution < 1.29 is 9.90 Å². The van der Waals surface area contributed by atoms with Gasteiger partial charge in [-0.15, -0.1) is 0 Å². The van der Waals surface area contributed by atoms with Crippen LogP contribution in [0, 0.1) is 35.5 Å². The van der Waals surface area contributed by atoms with Crippen LogP contribution in [0.5, 0.6) is 0 Å². The molecule has 3 nitrogen and oxygen atoms in total. The molecule has 2 aliphatic carbocycles. The number of nitrogens with one attached hydrogen (secondary N) is 1. The Morgan fingerprint density at radius 2 is 1.88 bits per heavy atom.